The molecule has 4 aromatic rings. The third kappa shape index (κ3) is 5.80. The maximum absolute atomic E-state index is 12.7. The fourth-order valence-corrected chi connectivity index (χ4v) is 3.45. The second-order valence-corrected chi connectivity index (χ2v) is 7.52. The van der Waals surface area contributed by atoms with E-state index in [0.29, 0.717) is 60.7 Å². The molecule has 2 N–H and O–H groups in total. The fraction of sp³-hybridized carbons (Fsp3) is 0.280. The molecule has 0 bridgehead atoms. The normalized spacial score (nSPS) is 10.8. The van der Waals surface area contributed by atoms with Gasteiger partial charge in [-0.3, -0.25) is 4.79 Å². The average Bonchev–Trinajstić information content (AvgIpc) is 3.26. The highest BCUT2D eigenvalue weighted by Crippen LogP contribution is 2.29. The van der Waals surface area contributed by atoms with Crippen molar-refractivity contribution in [2.75, 3.05) is 23.8 Å². The molecule has 1 amide bonds. The molecular formula is C25H28N6O3. The molecule has 0 fully saturated rings. The van der Waals surface area contributed by atoms with Gasteiger partial charge >= 0.3 is 0 Å². The maximum Gasteiger partial charge on any atom is 0.224 e. The number of benzene rings is 2. The lowest BCUT2D eigenvalue weighted by atomic mass is 10.2. The summed E-state index contributed by atoms with van der Waals surface area (Å²) in [5.74, 6) is 2.43. The van der Waals surface area contributed by atoms with Crippen molar-refractivity contribution in [3.8, 4) is 11.5 Å². The molecule has 0 unspecified atom stereocenters. The Hall–Kier alpha value is -4.14. The Morgan fingerprint density at radius 3 is 2.59 bits per heavy atom. The predicted molar refractivity (Wildman–Crippen MR) is 130 cm³/mol. The Bertz CT molecular complexity index is 1240. The van der Waals surface area contributed by atoms with Gasteiger partial charge in [0.2, 0.25) is 5.91 Å². The van der Waals surface area contributed by atoms with E-state index in [1.807, 2.05) is 50.2 Å². The molecule has 9 heteroatoms. The van der Waals surface area contributed by atoms with Crippen LogP contribution in [0.5, 0.6) is 11.5 Å². The molecule has 34 heavy (non-hydrogen) atoms. The Morgan fingerprint density at radius 2 is 1.79 bits per heavy atom. The van der Waals surface area contributed by atoms with Crippen molar-refractivity contribution >= 4 is 23.1 Å². The van der Waals surface area contributed by atoms with Gasteiger partial charge in [-0.2, -0.15) is 4.52 Å². The number of amides is 1. The molecule has 0 radical (unpaired) electrons. The number of nitrogens with one attached hydrogen (secondary N) is 2. The highest BCUT2D eigenvalue weighted by molar-refractivity contribution is 5.92. The molecule has 0 saturated carbocycles. The van der Waals surface area contributed by atoms with Gasteiger partial charge in [0.25, 0.3) is 0 Å². The van der Waals surface area contributed by atoms with Crippen LogP contribution in [0.1, 0.15) is 31.7 Å². The average molecular weight is 461 g/mol. The predicted octanol–water partition coefficient (Wildman–Crippen LogP) is 4.11. The zero-order chi connectivity index (χ0) is 23.8. The molecule has 2 aromatic carbocycles. The number of fused-ring (bicyclic) bond motifs is 1. The molecule has 176 valence electrons. The number of rotatable bonds is 11. The second-order valence-electron chi connectivity index (χ2n) is 7.52. The summed E-state index contributed by atoms with van der Waals surface area (Å²) < 4.78 is 12.8. The van der Waals surface area contributed by atoms with Crippen LogP contribution in [0.25, 0.3) is 5.65 Å². The molecule has 2 aromatic heterocycles. The molecule has 2 heterocycles. The fourth-order valence-electron chi connectivity index (χ4n) is 3.45. The third-order valence-electron chi connectivity index (χ3n) is 5.06. The zero-order valence-corrected chi connectivity index (χ0v) is 19.3. The largest absolute Gasteiger partial charge is 0.494 e. The summed E-state index contributed by atoms with van der Waals surface area (Å²) in [6.45, 7) is 5.50. The topological polar surface area (TPSA) is 103 Å². The number of hydrogen-bond acceptors (Lipinski definition) is 7. The van der Waals surface area contributed by atoms with Gasteiger partial charge in [-0.1, -0.05) is 30.3 Å². The summed E-state index contributed by atoms with van der Waals surface area (Å²) in [6, 6.07) is 19.2. The maximum atomic E-state index is 12.7. The molecule has 4 rings (SSSR count). The van der Waals surface area contributed by atoms with Gasteiger partial charge in [0.05, 0.1) is 18.9 Å². The summed E-state index contributed by atoms with van der Waals surface area (Å²) in [5, 5.41) is 19.2. The molecule has 0 aliphatic heterocycles. The van der Waals surface area contributed by atoms with Crippen molar-refractivity contribution in [3.63, 3.8) is 0 Å². The monoisotopic (exact) mass is 460 g/mol. The van der Waals surface area contributed by atoms with Crippen LogP contribution in [-0.4, -0.2) is 38.9 Å². The summed E-state index contributed by atoms with van der Waals surface area (Å²) in [7, 11) is 0. The Labute approximate surface area is 198 Å². The van der Waals surface area contributed by atoms with E-state index in [-0.39, 0.29) is 12.3 Å². The Morgan fingerprint density at radius 1 is 0.971 bits per heavy atom. The minimum Gasteiger partial charge on any atom is -0.494 e. The van der Waals surface area contributed by atoms with Gasteiger partial charge in [0, 0.05) is 25.5 Å². The Kier molecular flexibility index (Phi) is 7.54. The van der Waals surface area contributed by atoms with Crippen LogP contribution in [0.2, 0.25) is 0 Å². The van der Waals surface area contributed by atoms with E-state index in [4.69, 9.17) is 9.47 Å². The van der Waals surface area contributed by atoms with Gasteiger partial charge < -0.3 is 20.1 Å². The summed E-state index contributed by atoms with van der Waals surface area (Å²) in [4.78, 5) is 12.7. The van der Waals surface area contributed by atoms with Crippen molar-refractivity contribution in [3.05, 3.63) is 72.1 Å². The molecule has 0 saturated heterocycles. The van der Waals surface area contributed by atoms with E-state index in [1.165, 1.54) is 0 Å². The number of carbonyl (C=O) groups excluding carboxylic acids is 1. The number of aromatic nitrogens is 4. The van der Waals surface area contributed by atoms with Crippen LogP contribution in [-0.2, 0) is 17.8 Å². The lowest BCUT2D eigenvalue weighted by Crippen LogP contribution is -2.15. The number of aryl methyl sites for hydroxylation is 1. The van der Waals surface area contributed by atoms with Gasteiger partial charge in [-0.15, -0.1) is 15.3 Å². The summed E-state index contributed by atoms with van der Waals surface area (Å²) in [6.07, 6.45) is 0.603. The molecular weight excluding hydrogens is 432 g/mol. The van der Waals surface area contributed by atoms with Crippen molar-refractivity contribution in [1.29, 1.82) is 0 Å². The van der Waals surface area contributed by atoms with Crippen LogP contribution < -0.4 is 20.1 Å². The van der Waals surface area contributed by atoms with Crippen LogP contribution >= 0.6 is 0 Å². The number of nitrogens with zero attached hydrogens (tertiary/aromatic N) is 4. The number of hydrogen-bond donors (Lipinski definition) is 2. The van der Waals surface area contributed by atoms with Gasteiger partial charge in [-0.05, 0) is 43.7 Å². The lowest BCUT2D eigenvalue weighted by molar-refractivity contribution is -0.116. The van der Waals surface area contributed by atoms with Gasteiger partial charge in [-0.25, -0.2) is 0 Å². The Balaban J connectivity index is 1.41. The van der Waals surface area contributed by atoms with Crippen LogP contribution in [0.15, 0.2) is 60.7 Å². The SMILES string of the molecule is CCOc1ccc(OCC)c(NC(=O)CCc2nnc3ccc(NCc4ccccc4)nn23)c1. The summed E-state index contributed by atoms with van der Waals surface area (Å²) in [5.41, 5.74) is 2.36. The smallest absolute Gasteiger partial charge is 0.224 e. The number of anilines is 2. The highest BCUT2D eigenvalue weighted by Gasteiger charge is 2.13. The van der Waals surface area contributed by atoms with Gasteiger partial charge in [0.15, 0.2) is 11.5 Å². The first-order valence-corrected chi connectivity index (χ1v) is 11.3. The molecule has 9 nitrogen and oxygen atoms in total. The minimum absolute atomic E-state index is 0.162. The third-order valence-corrected chi connectivity index (χ3v) is 5.06. The first kappa shape index (κ1) is 23.0. The van der Waals surface area contributed by atoms with Crippen molar-refractivity contribution < 1.29 is 14.3 Å². The first-order valence-electron chi connectivity index (χ1n) is 11.3. The quantitative estimate of drug-likeness (QED) is 0.347. The van der Waals surface area contributed by atoms with Crippen LogP contribution in [0, 0.1) is 0 Å². The first-order chi connectivity index (χ1) is 16.7. The van der Waals surface area contributed by atoms with E-state index >= 15 is 0 Å². The second kappa shape index (κ2) is 11.1. The van der Waals surface area contributed by atoms with Crippen LogP contribution in [0.3, 0.4) is 0 Å². The standard InChI is InChI=1S/C25H28N6O3/c1-3-33-19-10-11-21(34-4-2)20(16-19)27-25(32)15-14-24-29-28-23-13-12-22(30-31(23)24)26-17-18-8-6-5-7-9-18/h5-13,16H,3-4,14-15,17H2,1-2H3,(H,26,30)(H,27,32). The highest BCUT2D eigenvalue weighted by atomic mass is 16.5. The van der Waals surface area contributed by atoms with Crippen molar-refractivity contribution in [1.82, 2.24) is 19.8 Å². The molecule has 0 spiro atoms. The summed E-state index contributed by atoms with van der Waals surface area (Å²) >= 11 is 0. The van der Waals surface area contributed by atoms with Crippen molar-refractivity contribution in [2.45, 2.75) is 33.2 Å². The van der Waals surface area contributed by atoms with E-state index < -0.39 is 0 Å². The van der Waals surface area contributed by atoms with Gasteiger partial charge in [0.1, 0.15) is 17.3 Å². The zero-order valence-electron chi connectivity index (χ0n) is 19.3. The lowest BCUT2D eigenvalue weighted by Gasteiger charge is -2.13. The van der Waals surface area contributed by atoms with E-state index in [2.05, 4.69) is 38.1 Å². The van der Waals surface area contributed by atoms with Crippen LogP contribution in [0.4, 0.5) is 11.5 Å². The molecule has 0 atom stereocenters. The van der Waals surface area contributed by atoms with E-state index in [1.54, 1.807) is 16.6 Å². The van der Waals surface area contributed by atoms with E-state index in [0.717, 1.165) is 5.56 Å². The molecule has 0 aliphatic rings. The van der Waals surface area contributed by atoms with E-state index in [9.17, 15) is 4.79 Å². The number of carbonyl (C=O) groups is 1. The number of ether oxygens (including phenoxy) is 2. The molecule has 0 aliphatic carbocycles. The van der Waals surface area contributed by atoms with Crippen molar-refractivity contribution in [2.24, 2.45) is 0 Å². The minimum atomic E-state index is -0.162.